The molecule has 0 spiro atoms. The summed E-state index contributed by atoms with van der Waals surface area (Å²) in [6, 6.07) is 7.04. The zero-order valence-corrected chi connectivity index (χ0v) is 11.6. The molecule has 0 amide bonds. The zero-order valence-electron chi connectivity index (χ0n) is 11.6. The summed E-state index contributed by atoms with van der Waals surface area (Å²) in [4.78, 5) is 4.29. The van der Waals surface area contributed by atoms with Crippen LogP contribution in [0.15, 0.2) is 30.6 Å². The summed E-state index contributed by atoms with van der Waals surface area (Å²) in [7, 11) is 0. The van der Waals surface area contributed by atoms with Gasteiger partial charge in [-0.3, -0.25) is 0 Å². The maximum atomic E-state index is 4.29. The molecule has 0 radical (unpaired) electrons. The predicted molar refractivity (Wildman–Crippen MR) is 75.0 cm³/mol. The topological polar surface area (TPSA) is 29.9 Å². The first-order valence-electron chi connectivity index (χ1n) is 6.41. The van der Waals surface area contributed by atoms with Crippen LogP contribution in [0.1, 0.15) is 30.8 Å². The quantitative estimate of drug-likeness (QED) is 0.894. The van der Waals surface area contributed by atoms with Crippen LogP contribution in [0, 0.1) is 13.8 Å². The molecule has 3 heteroatoms. The van der Waals surface area contributed by atoms with Gasteiger partial charge in [0.25, 0.3) is 0 Å². The molecular formula is C15H21N3. The fraction of sp³-hybridized carbons (Fsp3) is 0.400. The average molecular weight is 243 g/mol. The van der Waals surface area contributed by atoms with Crippen molar-refractivity contribution in [3.05, 3.63) is 47.5 Å². The van der Waals surface area contributed by atoms with Gasteiger partial charge in [0.05, 0.1) is 5.69 Å². The summed E-state index contributed by atoms with van der Waals surface area (Å²) in [5.74, 6) is 1.02. The Morgan fingerprint density at radius 1 is 1.28 bits per heavy atom. The molecule has 1 aromatic heterocycles. The number of nitrogens with zero attached hydrogens (tertiary/aromatic N) is 2. The molecule has 1 heterocycles. The van der Waals surface area contributed by atoms with Crippen molar-refractivity contribution in [1.82, 2.24) is 14.9 Å². The monoisotopic (exact) mass is 243 g/mol. The van der Waals surface area contributed by atoms with Gasteiger partial charge >= 0.3 is 0 Å². The van der Waals surface area contributed by atoms with Gasteiger partial charge in [-0.05, 0) is 25.5 Å². The molecule has 1 N–H and O–H groups in total. The second-order valence-electron chi connectivity index (χ2n) is 5.01. The normalized spacial score (nSPS) is 11.2. The Kier molecular flexibility index (Phi) is 3.82. The lowest BCUT2D eigenvalue weighted by atomic mass is 10.1. The Bertz CT molecular complexity index is 526. The minimum absolute atomic E-state index is 0.488. The van der Waals surface area contributed by atoms with E-state index in [1.165, 1.54) is 16.8 Å². The first-order chi connectivity index (χ1) is 8.58. The minimum Gasteiger partial charge on any atom is -0.310 e. The van der Waals surface area contributed by atoms with E-state index < -0.39 is 0 Å². The molecule has 0 bridgehead atoms. The summed E-state index contributed by atoms with van der Waals surface area (Å²) >= 11 is 0. The average Bonchev–Trinajstić information content (AvgIpc) is 2.73. The molecule has 3 nitrogen and oxygen atoms in total. The van der Waals surface area contributed by atoms with Gasteiger partial charge in [-0.2, -0.15) is 0 Å². The number of aryl methyl sites for hydroxylation is 2. The van der Waals surface area contributed by atoms with Crippen LogP contribution in [-0.2, 0) is 6.54 Å². The van der Waals surface area contributed by atoms with E-state index in [1.54, 1.807) is 0 Å². The van der Waals surface area contributed by atoms with E-state index in [0.29, 0.717) is 6.04 Å². The number of rotatable bonds is 4. The molecule has 0 aliphatic rings. The van der Waals surface area contributed by atoms with Crippen molar-refractivity contribution in [2.45, 2.75) is 40.3 Å². The zero-order chi connectivity index (χ0) is 13.1. The summed E-state index contributed by atoms with van der Waals surface area (Å²) in [6.45, 7) is 9.37. The lowest BCUT2D eigenvalue weighted by molar-refractivity contribution is 0.587. The first-order valence-corrected chi connectivity index (χ1v) is 6.41. The van der Waals surface area contributed by atoms with Crippen LogP contribution in [0.3, 0.4) is 0 Å². The van der Waals surface area contributed by atoms with Crippen molar-refractivity contribution in [1.29, 1.82) is 0 Å². The van der Waals surface area contributed by atoms with Gasteiger partial charge in [0.1, 0.15) is 5.82 Å². The van der Waals surface area contributed by atoms with Crippen LogP contribution in [0.2, 0.25) is 0 Å². The minimum atomic E-state index is 0.488. The summed E-state index contributed by atoms with van der Waals surface area (Å²) < 4.78 is 2.14. The molecule has 0 unspecified atom stereocenters. The van der Waals surface area contributed by atoms with Gasteiger partial charge in [-0.1, -0.05) is 31.5 Å². The maximum Gasteiger partial charge on any atom is 0.110 e. The summed E-state index contributed by atoms with van der Waals surface area (Å²) in [5.41, 5.74) is 3.81. The van der Waals surface area contributed by atoms with E-state index in [-0.39, 0.29) is 0 Å². The van der Waals surface area contributed by atoms with Crippen molar-refractivity contribution >= 4 is 0 Å². The highest BCUT2D eigenvalue weighted by atomic mass is 15.1. The van der Waals surface area contributed by atoms with Gasteiger partial charge in [-0.25, -0.2) is 4.98 Å². The Labute approximate surface area is 109 Å². The van der Waals surface area contributed by atoms with E-state index in [1.807, 2.05) is 19.3 Å². The number of aromatic nitrogens is 2. The van der Waals surface area contributed by atoms with Gasteiger partial charge in [0, 0.05) is 25.0 Å². The van der Waals surface area contributed by atoms with E-state index in [9.17, 15) is 0 Å². The molecule has 1 aromatic carbocycles. The molecule has 0 fully saturated rings. The van der Waals surface area contributed by atoms with Crippen LogP contribution in [0.4, 0.5) is 0 Å². The molecule has 18 heavy (non-hydrogen) atoms. The number of hydrogen-bond donors (Lipinski definition) is 1. The Morgan fingerprint density at radius 2 is 2.06 bits per heavy atom. The van der Waals surface area contributed by atoms with Gasteiger partial charge in [-0.15, -0.1) is 0 Å². The van der Waals surface area contributed by atoms with E-state index in [2.05, 4.69) is 53.8 Å². The molecule has 0 aliphatic heterocycles. The third-order valence-electron chi connectivity index (χ3n) is 3.02. The molecule has 0 aliphatic carbocycles. The molecule has 0 saturated carbocycles. The van der Waals surface area contributed by atoms with Crippen LogP contribution in [0.5, 0.6) is 0 Å². The second-order valence-corrected chi connectivity index (χ2v) is 5.01. The first kappa shape index (κ1) is 12.8. The molecule has 96 valence electrons. The van der Waals surface area contributed by atoms with Gasteiger partial charge in [0.2, 0.25) is 0 Å². The fourth-order valence-electron chi connectivity index (χ4n) is 2.04. The molecule has 0 atom stereocenters. The summed E-state index contributed by atoms with van der Waals surface area (Å²) in [5, 5.41) is 3.48. The maximum absolute atomic E-state index is 4.29. The second kappa shape index (κ2) is 5.36. The lowest BCUT2D eigenvalue weighted by Crippen LogP contribution is -2.22. The fourth-order valence-corrected chi connectivity index (χ4v) is 2.04. The lowest BCUT2D eigenvalue weighted by Gasteiger charge is -2.15. The Morgan fingerprint density at radius 3 is 2.67 bits per heavy atom. The predicted octanol–water partition coefficient (Wildman–Crippen LogP) is 2.99. The highest BCUT2D eigenvalue weighted by molar-refractivity contribution is 5.44. The van der Waals surface area contributed by atoms with Gasteiger partial charge < -0.3 is 9.88 Å². The third-order valence-corrected chi connectivity index (χ3v) is 3.02. The molecule has 2 rings (SSSR count). The highest BCUT2D eigenvalue weighted by Crippen LogP contribution is 2.18. The Balaban J connectivity index is 2.37. The van der Waals surface area contributed by atoms with Crippen molar-refractivity contribution in [3.8, 4) is 5.69 Å². The number of imidazole rings is 1. The van der Waals surface area contributed by atoms with Crippen LogP contribution in [-0.4, -0.2) is 15.6 Å². The molecule has 0 saturated heterocycles. The van der Waals surface area contributed by atoms with Crippen molar-refractivity contribution in [2.75, 3.05) is 0 Å². The van der Waals surface area contributed by atoms with E-state index >= 15 is 0 Å². The largest absolute Gasteiger partial charge is 0.310 e. The highest BCUT2D eigenvalue weighted by Gasteiger charge is 2.07. The third kappa shape index (κ3) is 2.79. The number of benzene rings is 1. The smallest absolute Gasteiger partial charge is 0.110 e. The van der Waals surface area contributed by atoms with Crippen molar-refractivity contribution in [2.24, 2.45) is 0 Å². The van der Waals surface area contributed by atoms with Crippen LogP contribution >= 0.6 is 0 Å². The molecule has 2 aromatic rings. The summed E-state index contributed by atoms with van der Waals surface area (Å²) in [6.07, 6.45) is 3.85. The molecular weight excluding hydrogens is 222 g/mol. The standard InChI is InChI=1S/C15H21N3/c1-11(2)17-10-14-9-12(3)5-6-15(14)18-8-7-16-13(18)4/h5-9,11,17H,10H2,1-4H3. The van der Waals surface area contributed by atoms with Crippen LogP contribution < -0.4 is 5.32 Å². The van der Waals surface area contributed by atoms with Crippen molar-refractivity contribution < 1.29 is 0 Å². The van der Waals surface area contributed by atoms with E-state index in [0.717, 1.165) is 12.4 Å². The van der Waals surface area contributed by atoms with Gasteiger partial charge in [0.15, 0.2) is 0 Å². The number of hydrogen-bond acceptors (Lipinski definition) is 2. The number of nitrogens with one attached hydrogen (secondary N) is 1. The van der Waals surface area contributed by atoms with Crippen LogP contribution in [0.25, 0.3) is 5.69 Å². The van der Waals surface area contributed by atoms with Crippen molar-refractivity contribution in [3.63, 3.8) is 0 Å². The van der Waals surface area contributed by atoms with E-state index in [4.69, 9.17) is 0 Å². The SMILES string of the molecule is Cc1ccc(-n2ccnc2C)c(CNC(C)C)c1. The Hall–Kier alpha value is -1.61.